The van der Waals surface area contributed by atoms with E-state index in [0.29, 0.717) is 5.92 Å². The van der Waals surface area contributed by atoms with Crippen molar-refractivity contribution in [3.05, 3.63) is 35.4 Å². The summed E-state index contributed by atoms with van der Waals surface area (Å²) >= 11 is 0. The molecule has 0 saturated heterocycles. The molecule has 1 radical (unpaired) electrons. The summed E-state index contributed by atoms with van der Waals surface area (Å²) in [6.07, 6.45) is 0.899. The second-order valence-electron chi connectivity index (χ2n) is 5.22. The van der Waals surface area contributed by atoms with Crippen LogP contribution in [0.2, 0.25) is 0 Å². The van der Waals surface area contributed by atoms with Crippen LogP contribution in [0.25, 0.3) is 0 Å². The maximum Gasteiger partial charge on any atom is 0.310 e. The van der Waals surface area contributed by atoms with Gasteiger partial charge in [-0.2, -0.15) is 0 Å². The maximum atomic E-state index is 10.8. The van der Waals surface area contributed by atoms with E-state index in [4.69, 9.17) is 15.3 Å². The third kappa shape index (κ3) is 8.22. The van der Waals surface area contributed by atoms with Gasteiger partial charge in [0.2, 0.25) is 6.29 Å². The standard InChI is InChI=1S/C13H18O2.C3H5O3/c1-9(2)8-11-4-6-12(7-5-11)10(3)13(14)15;4-1-3(6)2-5/h4-7,9-10H,8H2,1-3H3,(H,14,15);3-4,6H,1H2. The number of aliphatic hydroxyl groups is 2. The first-order chi connectivity index (χ1) is 9.81. The molecule has 0 bridgehead atoms. The summed E-state index contributed by atoms with van der Waals surface area (Å²) in [5.41, 5.74) is 2.14. The minimum atomic E-state index is -1.31. The molecule has 2 atom stereocenters. The van der Waals surface area contributed by atoms with E-state index in [0.717, 1.165) is 12.0 Å². The summed E-state index contributed by atoms with van der Waals surface area (Å²) < 4.78 is 0. The second-order valence-corrected chi connectivity index (χ2v) is 5.22. The third-order valence-electron chi connectivity index (χ3n) is 2.80. The fourth-order valence-electron chi connectivity index (χ4n) is 1.59. The van der Waals surface area contributed by atoms with Crippen LogP contribution in [0.3, 0.4) is 0 Å². The first-order valence-electron chi connectivity index (χ1n) is 6.80. The number of rotatable bonds is 6. The topological polar surface area (TPSA) is 94.8 Å². The van der Waals surface area contributed by atoms with E-state index in [9.17, 15) is 9.59 Å². The zero-order chi connectivity index (χ0) is 16.4. The van der Waals surface area contributed by atoms with E-state index in [1.54, 1.807) is 6.92 Å². The molecule has 117 valence electrons. The highest BCUT2D eigenvalue weighted by atomic mass is 16.4. The molecular weight excluding hydrogens is 272 g/mol. The zero-order valence-electron chi connectivity index (χ0n) is 12.6. The molecule has 0 aliphatic carbocycles. The highest BCUT2D eigenvalue weighted by Gasteiger charge is 2.12. The van der Waals surface area contributed by atoms with E-state index in [1.165, 1.54) is 11.8 Å². The van der Waals surface area contributed by atoms with Gasteiger partial charge in [-0.3, -0.25) is 9.59 Å². The van der Waals surface area contributed by atoms with Crippen molar-refractivity contribution >= 4 is 12.3 Å². The van der Waals surface area contributed by atoms with Crippen molar-refractivity contribution in [2.45, 2.75) is 39.2 Å². The number of aliphatic carboxylic acids is 1. The molecule has 21 heavy (non-hydrogen) atoms. The molecule has 1 aromatic carbocycles. The monoisotopic (exact) mass is 295 g/mol. The summed E-state index contributed by atoms with van der Waals surface area (Å²) in [5.74, 6) is -0.558. The van der Waals surface area contributed by atoms with Gasteiger partial charge in [0.05, 0.1) is 12.5 Å². The van der Waals surface area contributed by atoms with Crippen LogP contribution in [-0.2, 0) is 16.0 Å². The lowest BCUT2D eigenvalue weighted by Crippen LogP contribution is -2.11. The van der Waals surface area contributed by atoms with Gasteiger partial charge in [0, 0.05) is 0 Å². The lowest BCUT2D eigenvalue weighted by Gasteiger charge is -2.09. The lowest BCUT2D eigenvalue weighted by molar-refractivity contribution is -0.138. The molecule has 5 nitrogen and oxygen atoms in total. The van der Waals surface area contributed by atoms with Crippen LogP contribution in [0.4, 0.5) is 0 Å². The van der Waals surface area contributed by atoms with Gasteiger partial charge in [-0.1, -0.05) is 38.1 Å². The number of benzene rings is 1. The van der Waals surface area contributed by atoms with Crippen LogP contribution < -0.4 is 0 Å². The molecule has 0 fully saturated rings. The normalized spacial score (nSPS) is 13.0. The minimum absolute atomic E-state index is 0.418. The predicted octanol–water partition coefficient (Wildman–Crippen LogP) is 1.52. The molecule has 0 aliphatic rings. The van der Waals surface area contributed by atoms with Crippen molar-refractivity contribution in [3.8, 4) is 0 Å². The predicted molar refractivity (Wildman–Crippen MR) is 79.8 cm³/mol. The Hall–Kier alpha value is -1.72. The first kappa shape index (κ1) is 19.3. The minimum Gasteiger partial charge on any atom is -0.481 e. The lowest BCUT2D eigenvalue weighted by atomic mass is 9.97. The number of hydrogen-bond donors (Lipinski definition) is 3. The average Bonchev–Trinajstić information content (AvgIpc) is 2.46. The van der Waals surface area contributed by atoms with Crippen LogP contribution in [-0.4, -0.2) is 40.3 Å². The summed E-state index contributed by atoms with van der Waals surface area (Å²) in [6.45, 7) is 5.52. The number of carboxylic acids is 1. The van der Waals surface area contributed by atoms with Gasteiger partial charge in [-0.15, -0.1) is 0 Å². The van der Waals surface area contributed by atoms with E-state index in [1.807, 2.05) is 24.3 Å². The highest BCUT2D eigenvalue weighted by molar-refractivity contribution is 5.75. The van der Waals surface area contributed by atoms with Crippen molar-refractivity contribution in [3.63, 3.8) is 0 Å². The Morgan fingerprint density at radius 2 is 1.71 bits per heavy atom. The molecule has 0 spiro atoms. The fraction of sp³-hybridized carbons (Fsp3) is 0.500. The van der Waals surface area contributed by atoms with Gasteiger partial charge in [0.1, 0.15) is 6.10 Å². The Morgan fingerprint density at radius 3 is 2.00 bits per heavy atom. The van der Waals surface area contributed by atoms with Crippen molar-refractivity contribution in [2.24, 2.45) is 5.92 Å². The molecular formula is C16H23O5. The van der Waals surface area contributed by atoms with E-state index >= 15 is 0 Å². The Bertz CT molecular complexity index is 425. The van der Waals surface area contributed by atoms with Gasteiger partial charge in [0.15, 0.2) is 0 Å². The van der Waals surface area contributed by atoms with Crippen LogP contribution in [0.1, 0.15) is 37.8 Å². The molecule has 3 N–H and O–H groups in total. The molecule has 0 aromatic heterocycles. The maximum absolute atomic E-state index is 10.8. The zero-order valence-corrected chi connectivity index (χ0v) is 12.6. The smallest absolute Gasteiger partial charge is 0.310 e. The molecule has 5 heteroatoms. The molecule has 0 saturated carbocycles. The second kappa shape index (κ2) is 10.1. The van der Waals surface area contributed by atoms with Crippen LogP contribution in [0, 0.1) is 5.92 Å². The van der Waals surface area contributed by atoms with Crippen LogP contribution in [0.5, 0.6) is 0 Å². The van der Waals surface area contributed by atoms with Crippen LogP contribution in [0.15, 0.2) is 24.3 Å². The fourth-order valence-corrected chi connectivity index (χ4v) is 1.59. The van der Waals surface area contributed by atoms with Crippen molar-refractivity contribution in [1.29, 1.82) is 0 Å². The Labute approximate surface area is 125 Å². The van der Waals surface area contributed by atoms with Gasteiger partial charge in [0.25, 0.3) is 0 Å². The average molecular weight is 295 g/mol. The van der Waals surface area contributed by atoms with Crippen molar-refractivity contribution < 1.29 is 24.9 Å². The number of carbonyl (C=O) groups is 1. The molecule has 1 rings (SSSR count). The molecule has 0 heterocycles. The largest absolute Gasteiger partial charge is 0.481 e. The first-order valence-corrected chi connectivity index (χ1v) is 6.80. The Morgan fingerprint density at radius 1 is 1.19 bits per heavy atom. The summed E-state index contributed by atoms with van der Waals surface area (Å²) in [4.78, 5) is 20.0. The molecule has 1 aromatic rings. The molecule has 2 unspecified atom stereocenters. The molecule has 0 aliphatic heterocycles. The summed E-state index contributed by atoms with van der Waals surface area (Å²) in [5, 5.41) is 24.7. The third-order valence-corrected chi connectivity index (χ3v) is 2.80. The summed E-state index contributed by atoms with van der Waals surface area (Å²) in [7, 11) is 0. The van der Waals surface area contributed by atoms with Gasteiger partial charge in [-0.05, 0) is 30.4 Å². The summed E-state index contributed by atoms with van der Waals surface area (Å²) in [6, 6.07) is 7.87. The van der Waals surface area contributed by atoms with E-state index in [-0.39, 0.29) is 0 Å². The quantitative estimate of drug-likeness (QED) is 0.739. The Balaban J connectivity index is 0.000000567. The number of carbonyl (C=O) groups excluding carboxylic acids is 1. The number of aliphatic hydroxyl groups excluding tert-OH is 2. The van der Waals surface area contributed by atoms with E-state index < -0.39 is 24.6 Å². The molecule has 0 amide bonds. The van der Waals surface area contributed by atoms with Gasteiger partial charge >= 0.3 is 5.97 Å². The SMILES string of the molecule is CC(C)Cc1ccc(C(C)C(=O)O)cc1.O=[C]C(O)CO. The van der Waals surface area contributed by atoms with Gasteiger partial charge in [-0.25, -0.2) is 0 Å². The van der Waals surface area contributed by atoms with Crippen LogP contribution >= 0.6 is 0 Å². The Kier molecular flexibility index (Phi) is 9.25. The highest BCUT2D eigenvalue weighted by Crippen LogP contribution is 2.17. The number of hydrogen-bond acceptors (Lipinski definition) is 4. The van der Waals surface area contributed by atoms with Crippen molar-refractivity contribution in [2.75, 3.05) is 6.61 Å². The van der Waals surface area contributed by atoms with Gasteiger partial charge < -0.3 is 15.3 Å². The number of carboxylic acid groups (broad SMARTS) is 1. The van der Waals surface area contributed by atoms with Crippen molar-refractivity contribution in [1.82, 2.24) is 0 Å². The van der Waals surface area contributed by atoms with E-state index in [2.05, 4.69) is 13.8 Å².